The number of hydrogen-bond acceptors (Lipinski definition) is 5. The zero-order valence-electron chi connectivity index (χ0n) is 13.2. The molecule has 0 radical (unpaired) electrons. The van der Waals surface area contributed by atoms with E-state index in [1.54, 1.807) is 0 Å². The van der Waals surface area contributed by atoms with Gasteiger partial charge in [0.2, 0.25) is 5.95 Å². The Kier molecular flexibility index (Phi) is 6.12. The zero-order chi connectivity index (χ0) is 17.2. The molecule has 0 saturated carbocycles. The molecule has 0 atom stereocenters. The fourth-order valence-corrected chi connectivity index (χ4v) is 2.73. The molecule has 1 saturated heterocycles. The number of fused-ring (bicyclic) bond motifs is 1. The summed E-state index contributed by atoms with van der Waals surface area (Å²) >= 11 is 0. The van der Waals surface area contributed by atoms with Gasteiger partial charge in [0.05, 0.1) is 10.9 Å². The van der Waals surface area contributed by atoms with E-state index in [-0.39, 0.29) is 17.8 Å². The van der Waals surface area contributed by atoms with Crippen molar-refractivity contribution in [2.75, 3.05) is 25.0 Å². The van der Waals surface area contributed by atoms with Crippen LogP contribution in [0.2, 0.25) is 0 Å². The highest BCUT2D eigenvalue weighted by Crippen LogP contribution is 2.24. The number of H-pyrrole nitrogens is 1. The maximum Gasteiger partial charge on any atom is 0.573 e. The predicted molar refractivity (Wildman–Crippen MR) is 90.4 cm³/mol. The molecule has 0 amide bonds. The van der Waals surface area contributed by atoms with Crippen molar-refractivity contribution in [2.45, 2.75) is 19.2 Å². The summed E-state index contributed by atoms with van der Waals surface area (Å²) in [5, 5.41) is 6.41. The van der Waals surface area contributed by atoms with Crippen molar-refractivity contribution in [1.29, 1.82) is 0 Å². The first-order valence-corrected chi connectivity index (χ1v) is 7.65. The average Bonchev–Trinajstić information content (AvgIpc) is 2.53. The second-order valence-corrected chi connectivity index (χ2v) is 5.72. The Morgan fingerprint density at radius 3 is 2.68 bits per heavy atom. The molecule has 0 spiro atoms. The highest BCUT2D eigenvalue weighted by molar-refractivity contribution is 5.85. The summed E-state index contributed by atoms with van der Waals surface area (Å²) in [4.78, 5) is 18.9. The van der Waals surface area contributed by atoms with Crippen molar-refractivity contribution in [3.63, 3.8) is 0 Å². The van der Waals surface area contributed by atoms with E-state index in [0.717, 1.165) is 38.1 Å². The summed E-state index contributed by atoms with van der Waals surface area (Å²) in [6.07, 6.45) is -2.71. The Bertz CT molecular complexity index is 775. The number of anilines is 1. The van der Waals surface area contributed by atoms with Gasteiger partial charge in [0, 0.05) is 6.54 Å². The van der Waals surface area contributed by atoms with Gasteiger partial charge in [0.25, 0.3) is 5.56 Å². The quantitative estimate of drug-likeness (QED) is 0.762. The van der Waals surface area contributed by atoms with Gasteiger partial charge >= 0.3 is 6.36 Å². The van der Waals surface area contributed by atoms with E-state index in [4.69, 9.17) is 0 Å². The first kappa shape index (κ1) is 19.3. The van der Waals surface area contributed by atoms with E-state index in [1.807, 2.05) is 0 Å². The van der Waals surface area contributed by atoms with Gasteiger partial charge in [-0.25, -0.2) is 4.98 Å². The van der Waals surface area contributed by atoms with Crippen molar-refractivity contribution in [1.82, 2.24) is 15.3 Å². The first-order chi connectivity index (χ1) is 11.4. The van der Waals surface area contributed by atoms with Gasteiger partial charge in [-0.2, -0.15) is 0 Å². The Morgan fingerprint density at radius 2 is 2.00 bits per heavy atom. The molecule has 25 heavy (non-hydrogen) atoms. The number of nitrogens with zero attached hydrogens (tertiary/aromatic N) is 1. The maximum atomic E-state index is 12.2. The van der Waals surface area contributed by atoms with E-state index < -0.39 is 17.7 Å². The number of rotatable bonds is 4. The van der Waals surface area contributed by atoms with E-state index in [9.17, 15) is 18.0 Å². The molecule has 0 unspecified atom stereocenters. The van der Waals surface area contributed by atoms with Gasteiger partial charge in [-0.05, 0) is 50.0 Å². The van der Waals surface area contributed by atoms with Crippen LogP contribution in [0, 0.1) is 5.92 Å². The van der Waals surface area contributed by atoms with Crippen LogP contribution in [0.3, 0.4) is 0 Å². The number of benzene rings is 1. The number of aromatic nitrogens is 2. The van der Waals surface area contributed by atoms with Crippen LogP contribution in [0.4, 0.5) is 19.1 Å². The third kappa shape index (κ3) is 5.23. The topological polar surface area (TPSA) is 79.0 Å². The smallest absolute Gasteiger partial charge is 0.406 e. The molecular formula is C15H18ClF3N4O2. The third-order valence-electron chi connectivity index (χ3n) is 3.93. The molecule has 138 valence electrons. The first-order valence-electron chi connectivity index (χ1n) is 7.65. The van der Waals surface area contributed by atoms with Gasteiger partial charge in [0.15, 0.2) is 0 Å². The lowest BCUT2D eigenvalue weighted by molar-refractivity contribution is -0.274. The van der Waals surface area contributed by atoms with Crippen LogP contribution >= 0.6 is 12.4 Å². The third-order valence-corrected chi connectivity index (χ3v) is 3.93. The van der Waals surface area contributed by atoms with Crippen LogP contribution in [-0.2, 0) is 0 Å². The Labute approximate surface area is 147 Å². The molecule has 1 aromatic carbocycles. The molecular weight excluding hydrogens is 361 g/mol. The van der Waals surface area contributed by atoms with Crippen LogP contribution in [0.15, 0.2) is 23.0 Å². The van der Waals surface area contributed by atoms with Gasteiger partial charge < -0.3 is 15.4 Å². The molecule has 1 aliphatic heterocycles. The van der Waals surface area contributed by atoms with Gasteiger partial charge in [-0.15, -0.1) is 25.6 Å². The summed E-state index contributed by atoms with van der Waals surface area (Å²) in [6, 6.07) is 3.51. The minimum atomic E-state index is -4.80. The number of aromatic amines is 1. The van der Waals surface area contributed by atoms with Crippen molar-refractivity contribution in [3.05, 3.63) is 28.6 Å². The SMILES string of the molecule is Cl.O=c1[nH]c(NCC2CCNCC2)nc2ccc(OC(F)(F)F)cc12. The van der Waals surface area contributed by atoms with E-state index >= 15 is 0 Å². The normalized spacial score (nSPS) is 15.6. The van der Waals surface area contributed by atoms with Gasteiger partial charge in [0.1, 0.15) is 5.75 Å². The molecule has 0 bridgehead atoms. The summed E-state index contributed by atoms with van der Waals surface area (Å²) in [5.74, 6) is 0.364. The van der Waals surface area contributed by atoms with E-state index in [1.165, 1.54) is 6.07 Å². The average molecular weight is 379 g/mol. The van der Waals surface area contributed by atoms with Crippen molar-refractivity contribution >= 4 is 29.3 Å². The van der Waals surface area contributed by atoms with Crippen LogP contribution in [0.1, 0.15) is 12.8 Å². The lowest BCUT2D eigenvalue weighted by Crippen LogP contribution is -2.31. The van der Waals surface area contributed by atoms with Crippen LogP contribution in [0.25, 0.3) is 10.9 Å². The second kappa shape index (κ2) is 7.92. The standard InChI is InChI=1S/C15H17F3N4O2.ClH/c16-15(17,18)24-10-1-2-12-11(7-10)13(23)22-14(21-12)20-8-9-3-5-19-6-4-9;/h1-2,7,9,19H,3-6,8H2,(H2,20,21,22,23);1H. The molecule has 10 heteroatoms. The molecule has 2 heterocycles. The predicted octanol–water partition coefficient (Wildman–Crippen LogP) is 2.66. The summed E-state index contributed by atoms with van der Waals surface area (Å²) < 4.78 is 40.6. The van der Waals surface area contributed by atoms with Crippen LogP contribution in [0.5, 0.6) is 5.75 Å². The molecule has 3 rings (SSSR count). The molecule has 1 aliphatic rings. The monoisotopic (exact) mass is 378 g/mol. The molecule has 2 aromatic rings. The second-order valence-electron chi connectivity index (χ2n) is 5.72. The maximum absolute atomic E-state index is 12.2. The number of halogens is 4. The van der Waals surface area contributed by atoms with Crippen molar-refractivity contribution in [3.8, 4) is 5.75 Å². The number of alkyl halides is 3. The lowest BCUT2D eigenvalue weighted by atomic mass is 9.98. The Balaban J connectivity index is 0.00000225. The molecule has 6 nitrogen and oxygen atoms in total. The number of nitrogens with one attached hydrogen (secondary N) is 3. The molecule has 3 N–H and O–H groups in total. The van der Waals surface area contributed by atoms with Crippen LogP contribution < -0.4 is 20.9 Å². The summed E-state index contributed by atoms with van der Waals surface area (Å²) in [6.45, 7) is 2.62. The Hall–Kier alpha value is -2.00. The highest BCUT2D eigenvalue weighted by atomic mass is 35.5. The minimum Gasteiger partial charge on any atom is -0.406 e. The largest absolute Gasteiger partial charge is 0.573 e. The number of ether oxygens (including phenoxy) is 1. The highest BCUT2D eigenvalue weighted by Gasteiger charge is 2.31. The van der Waals surface area contributed by atoms with Gasteiger partial charge in [-0.1, -0.05) is 0 Å². The van der Waals surface area contributed by atoms with Crippen molar-refractivity contribution in [2.24, 2.45) is 5.92 Å². The van der Waals surface area contributed by atoms with E-state index in [0.29, 0.717) is 23.9 Å². The summed E-state index contributed by atoms with van der Waals surface area (Å²) in [7, 11) is 0. The fourth-order valence-electron chi connectivity index (χ4n) is 2.73. The fraction of sp³-hybridized carbons (Fsp3) is 0.467. The lowest BCUT2D eigenvalue weighted by Gasteiger charge is -2.22. The molecule has 1 fully saturated rings. The zero-order valence-corrected chi connectivity index (χ0v) is 14.0. The van der Waals surface area contributed by atoms with Crippen molar-refractivity contribution < 1.29 is 17.9 Å². The summed E-state index contributed by atoms with van der Waals surface area (Å²) in [5.41, 5.74) is -0.207. The van der Waals surface area contributed by atoms with E-state index in [2.05, 4.69) is 25.3 Å². The number of piperidine rings is 1. The minimum absolute atomic E-state index is 0. The molecule has 0 aliphatic carbocycles. The van der Waals surface area contributed by atoms with Gasteiger partial charge in [-0.3, -0.25) is 9.78 Å². The number of hydrogen-bond donors (Lipinski definition) is 3. The Morgan fingerprint density at radius 1 is 1.28 bits per heavy atom. The van der Waals surface area contributed by atoms with Crippen LogP contribution in [-0.4, -0.2) is 36.0 Å². The molecule has 1 aromatic heterocycles.